The molecule has 3 aromatic heterocycles. The van der Waals surface area contributed by atoms with Crippen molar-refractivity contribution in [1.29, 1.82) is 0 Å². The number of benzene rings is 1. The van der Waals surface area contributed by atoms with E-state index in [2.05, 4.69) is 20.6 Å². The fourth-order valence-electron chi connectivity index (χ4n) is 4.22. The maximum absolute atomic E-state index is 14.1. The lowest BCUT2D eigenvalue weighted by molar-refractivity contribution is 0.0921. The highest BCUT2D eigenvalue weighted by Gasteiger charge is 2.24. The van der Waals surface area contributed by atoms with Crippen LogP contribution in [0.5, 0.6) is 0 Å². The van der Waals surface area contributed by atoms with Gasteiger partial charge in [0.05, 0.1) is 23.3 Å². The van der Waals surface area contributed by atoms with Crippen LogP contribution in [0.25, 0.3) is 33.5 Å². The molecule has 166 valence electrons. The zero-order valence-electron chi connectivity index (χ0n) is 18.4. The number of hydrogen-bond donors (Lipinski definition) is 3. The lowest BCUT2D eigenvalue weighted by atomic mass is 10.1. The highest BCUT2D eigenvalue weighted by molar-refractivity contribution is 6.05. The molecular weight excluding hydrogens is 409 g/mol. The molecule has 0 unspecified atom stereocenters. The molecule has 1 aliphatic rings. The SMILES string of the molecule is CC(C)(C)NC(=O)c1c[nH]c2ncc(-c3nn(C4CCNCC4)c4cc(F)ccc34)nc12. The van der Waals surface area contributed by atoms with Gasteiger partial charge in [-0.15, -0.1) is 0 Å². The predicted octanol–water partition coefficient (Wildman–Crippen LogP) is 3.57. The van der Waals surface area contributed by atoms with Crippen molar-refractivity contribution >= 4 is 28.0 Å². The van der Waals surface area contributed by atoms with Crippen LogP contribution in [0, 0.1) is 5.82 Å². The lowest BCUT2D eigenvalue weighted by Crippen LogP contribution is -2.40. The molecule has 9 heteroatoms. The first-order chi connectivity index (χ1) is 15.3. The number of fused-ring (bicyclic) bond motifs is 2. The van der Waals surface area contributed by atoms with Gasteiger partial charge in [-0.3, -0.25) is 9.48 Å². The van der Waals surface area contributed by atoms with Gasteiger partial charge in [-0.1, -0.05) is 0 Å². The Morgan fingerprint density at radius 2 is 2.03 bits per heavy atom. The Labute approximate surface area is 184 Å². The summed E-state index contributed by atoms with van der Waals surface area (Å²) in [4.78, 5) is 25.0. The van der Waals surface area contributed by atoms with Crippen LogP contribution >= 0.6 is 0 Å². The zero-order chi connectivity index (χ0) is 22.5. The number of carbonyl (C=O) groups excluding carboxylic acids is 1. The summed E-state index contributed by atoms with van der Waals surface area (Å²) in [6.45, 7) is 7.58. The molecule has 1 aromatic carbocycles. The molecule has 5 rings (SSSR count). The first-order valence-corrected chi connectivity index (χ1v) is 10.9. The standard InChI is InChI=1S/C23H26FN7O/c1-23(2,3)29-22(32)16-11-26-21-20(16)28-17(12-27-21)19-15-5-4-13(24)10-18(15)31(30-19)14-6-8-25-9-7-14/h4-5,10-12,14,25H,6-9H2,1-3H3,(H,26,27)(H,29,32). The van der Waals surface area contributed by atoms with E-state index in [1.807, 2.05) is 25.5 Å². The number of aromatic nitrogens is 5. The van der Waals surface area contributed by atoms with Gasteiger partial charge in [0.25, 0.3) is 5.91 Å². The largest absolute Gasteiger partial charge is 0.347 e. The maximum Gasteiger partial charge on any atom is 0.255 e. The molecule has 0 atom stereocenters. The Morgan fingerprint density at radius 3 is 2.78 bits per heavy atom. The molecule has 0 saturated carbocycles. The van der Waals surface area contributed by atoms with Crippen molar-refractivity contribution in [1.82, 2.24) is 35.4 Å². The Morgan fingerprint density at radius 1 is 1.25 bits per heavy atom. The molecule has 8 nitrogen and oxygen atoms in total. The van der Waals surface area contributed by atoms with E-state index in [9.17, 15) is 9.18 Å². The minimum absolute atomic E-state index is 0.186. The first-order valence-electron chi connectivity index (χ1n) is 10.9. The summed E-state index contributed by atoms with van der Waals surface area (Å²) in [5, 5.41) is 12.0. The highest BCUT2D eigenvalue weighted by atomic mass is 19.1. The fraction of sp³-hybridized carbons (Fsp3) is 0.391. The molecular formula is C23H26FN7O. The predicted molar refractivity (Wildman–Crippen MR) is 121 cm³/mol. The van der Waals surface area contributed by atoms with Gasteiger partial charge in [0.1, 0.15) is 22.7 Å². The first kappa shape index (κ1) is 20.6. The molecule has 0 spiro atoms. The van der Waals surface area contributed by atoms with Crippen molar-refractivity contribution in [3.05, 3.63) is 42.0 Å². The number of H-pyrrole nitrogens is 1. The number of nitrogens with one attached hydrogen (secondary N) is 3. The molecule has 1 aliphatic heterocycles. The molecule has 0 aliphatic carbocycles. The van der Waals surface area contributed by atoms with Crippen LogP contribution in [0.4, 0.5) is 4.39 Å². The molecule has 1 amide bonds. The van der Waals surface area contributed by atoms with Crippen LogP contribution in [0.2, 0.25) is 0 Å². The van der Waals surface area contributed by atoms with Crippen molar-refractivity contribution in [3.8, 4) is 11.4 Å². The van der Waals surface area contributed by atoms with Gasteiger partial charge in [-0.05, 0) is 64.9 Å². The van der Waals surface area contributed by atoms with Crippen molar-refractivity contribution < 1.29 is 9.18 Å². The smallest absolute Gasteiger partial charge is 0.255 e. The van der Waals surface area contributed by atoms with E-state index in [1.165, 1.54) is 12.1 Å². The molecule has 4 heterocycles. The van der Waals surface area contributed by atoms with Crippen LogP contribution in [0.15, 0.2) is 30.6 Å². The third kappa shape index (κ3) is 3.73. The number of rotatable bonds is 3. The van der Waals surface area contributed by atoms with Gasteiger partial charge in [0.15, 0.2) is 5.65 Å². The second kappa shape index (κ2) is 7.67. The number of amides is 1. The summed E-state index contributed by atoms with van der Waals surface area (Å²) in [7, 11) is 0. The molecule has 0 radical (unpaired) electrons. The number of carbonyl (C=O) groups is 1. The van der Waals surface area contributed by atoms with E-state index in [0.29, 0.717) is 28.1 Å². The summed E-state index contributed by atoms with van der Waals surface area (Å²) in [5.74, 6) is -0.519. The fourth-order valence-corrected chi connectivity index (χ4v) is 4.22. The van der Waals surface area contributed by atoms with Gasteiger partial charge in [0.2, 0.25) is 0 Å². The highest BCUT2D eigenvalue weighted by Crippen LogP contribution is 2.32. The van der Waals surface area contributed by atoms with Gasteiger partial charge < -0.3 is 15.6 Å². The van der Waals surface area contributed by atoms with Crippen molar-refractivity contribution in [3.63, 3.8) is 0 Å². The van der Waals surface area contributed by atoms with Crippen molar-refractivity contribution in [2.45, 2.75) is 45.2 Å². The van der Waals surface area contributed by atoms with Crippen molar-refractivity contribution in [2.75, 3.05) is 13.1 Å². The number of halogens is 1. The van der Waals surface area contributed by atoms with Crippen LogP contribution < -0.4 is 10.6 Å². The van der Waals surface area contributed by atoms with Gasteiger partial charge in [-0.2, -0.15) is 5.10 Å². The van der Waals surface area contributed by atoms with Gasteiger partial charge >= 0.3 is 0 Å². The van der Waals surface area contributed by atoms with Crippen LogP contribution in [0.3, 0.4) is 0 Å². The van der Waals surface area contributed by atoms with E-state index in [1.54, 1.807) is 18.5 Å². The van der Waals surface area contributed by atoms with E-state index in [0.717, 1.165) is 36.8 Å². The Bertz CT molecular complexity index is 1310. The van der Waals surface area contributed by atoms with E-state index < -0.39 is 0 Å². The average molecular weight is 436 g/mol. The van der Waals surface area contributed by atoms with Crippen LogP contribution in [0.1, 0.15) is 50.0 Å². The third-order valence-electron chi connectivity index (χ3n) is 5.68. The summed E-state index contributed by atoms with van der Waals surface area (Å²) >= 11 is 0. The molecule has 0 bridgehead atoms. The second-order valence-electron chi connectivity index (χ2n) is 9.29. The van der Waals surface area contributed by atoms with E-state index >= 15 is 0 Å². The Kier molecular flexibility index (Phi) is 4.93. The molecule has 32 heavy (non-hydrogen) atoms. The number of piperidine rings is 1. The summed E-state index contributed by atoms with van der Waals surface area (Å²) < 4.78 is 16.0. The number of nitrogens with zero attached hydrogens (tertiary/aromatic N) is 4. The molecule has 4 aromatic rings. The zero-order valence-corrected chi connectivity index (χ0v) is 18.4. The number of hydrogen-bond acceptors (Lipinski definition) is 5. The lowest BCUT2D eigenvalue weighted by Gasteiger charge is -2.23. The minimum Gasteiger partial charge on any atom is -0.347 e. The molecule has 3 N–H and O–H groups in total. The molecule has 1 saturated heterocycles. The topological polar surface area (TPSA) is 101 Å². The van der Waals surface area contributed by atoms with E-state index in [4.69, 9.17) is 10.1 Å². The minimum atomic E-state index is -0.375. The number of aromatic amines is 1. The quantitative estimate of drug-likeness (QED) is 0.457. The third-order valence-corrected chi connectivity index (χ3v) is 5.68. The maximum atomic E-state index is 14.1. The normalized spacial score (nSPS) is 15.5. The van der Waals surface area contributed by atoms with Crippen LogP contribution in [-0.4, -0.2) is 49.3 Å². The summed E-state index contributed by atoms with van der Waals surface area (Å²) in [6, 6.07) is 4.88. The van der Waals surface area contributed by atoms with Gasteiger partial charge in [0, 0.05) is 17.1 Å². The molecule has 1 fully saturated rings. The average Bonchev–Trinajstić information content (AvgIpc) is 3.34. The van der Waals surface area contributed by atoms with Crippen molar-refractivity contribution in [2.24, 2.45) is 0 Å². The Hall–Kier alpha value is -3.33. The van der Waals surface area contributed by atoms with Gasteiger partial charge in [-0.25, -0.2) is 14.4 Å². The summed E-state index contributed by atoms with van der Waals surface area (Å²) in [5.41, 5.74) is 2.99. The Balaban J connectivity index is 1.63. The monoisotopic (exact) mass is 435 g/mol. The van der Waals surface area contributed by atoms with Crippen LogP contribution in [-0.2, 0) is 0 Å². The van der Waals surface area contributed by atoms with E-state index in [-0.39, 0.29) is 23.3 Å². The second-order valence-corrected chi connectivity index (χ2v) is 9.29. The summed E-state index contributed by atoms with van der Waals surface area (Å²) in [6.07, 6.45) is 5.11.